The third kappa shape index (κ3) is 15.5. The third-order valence-corrected chi connectivity index (χ3v) is 3.51. The topological polar surface area (TPSA) is 26.3 Å². The third-order valence-electron chi connectivity index (χ3n) is 3.51. The van der Waals surface area contributed by atoms with Crippen molar-refractivity contribution in [3.63, 3.8) is 0 Å². The van der Waals surface area contributed by atoms with Crippen LogP contribution in [0.2, 0.25) is 0 Å². The second kappa shape index (κ2) is 12.2. The van der Waals surface area contributed by atoms with Gasteiger partial charge in [0.2, 0.25) is 0 Å². The van der Waals surface area contributed by atoms with E-state index in [9.17, 15) is 4.79 Å². The van der Waals surface area contributed by atoms with Gasteiger partial charge in [-0.2, -0.15) is 0 Å². The predicted octanol–water partition coefficient (Wildman–Crippen LogP) is 4.16. The van der Waals surface area contributed by atoms with E-state index in [2.05, 4.69) is 28.1 Å². The Bertz CT molecular complexity index is 234. The predicted molar refractivity (Wildman–Crippen MR) is 85.7 cm³/mol. The molecule has 0 fully saturated rings. The number of carbonyl (C=O) groups excluding carboxylic acids is 1. The van der Waals surface area contributed by atoms with Crippen LogP contribution >= 0.6 is 0 Å². The minimum atomic E-state index is -0.0265. The zero-order valence-electron chi connectivity index (χ0n) is 14.2. The molecule has 0 rings (SSSR count). The largest absolute Gasteiger partial charge is 0.460 e. The summed E-state index contributed by atoms with van der Waals surface area (Å²) in [6.07, 6.45) is 12.1. The summed E-state index contributed by atoms with van der Waals surface area (Å²) in [6, 6.07) is 0. The van der Waals surface area contributed by atoms with E-state index in [0.717, 1.165) is 23.9 Å². The van der Waals surface area contributed by atoms with Crippen molar-refractivity contribution in [3.05, 3.63) is 0 Å². The molecule has 0 spiro atoms. The number of esters is 1. The average Bonchev–Trinajstić information content (AvgIpc) is 2.35. The molecule has 0 saturated carbocycles. The highest BCUT2D eigenvalue weighted by Gasteiger charge is 2.08. The van der Waals surface area contributed by atoms with Crippen LogP contribution in [0.1, 0.15) is 71.1 Å². The molecule has 0 radical (unpaired) electrons. The van der Waals surface area contributed by atoms with Gasteiger partial charge in [0.25, 0.3) is 0 Å². The lowest BCUT2D eigenvalue weighted by molar-refractivity contribution is -0.870. The molecule has 0 bridgehead atoms. The first-order valence-corrected chi connectivity index (χ1v) is 8.42. The van der Waals surface area contributed by atoms with Gasteiger partial charge in [-0.3, -0.25) is 4.79 Å². The Hall–Kier alpha value is -0.570. The van der Waals surface area contributed by atoms with E-state index in [0.29, 0.717) is 13.0 Å². The van der Waals surface area contributed by atoms with E-state index >= 15 is 0 Å². The summed E-state index contributed by atoms with van der Waals surface area (Å²) in [5.74, 6) is -0.0265. The Labute approximate surface area is 126 Å². The summed E-state index contributed by atoms with van der Waals surface area (Å²) < 4.78 is 6.07. The molecule has 20 heavy (non-hydrogen) atoms. The van der Waals surface area contributed by atoms with Crippen LogP contribution in [0.4, 0.5) is 0 Å². The van der Waals surface area contributed by atoms with E-state index in [1.54, 1.807) is 0 Å². The van der Waals surface area contributed by atoms with E-state index in [1.165, 1.54) is 44.9 Å². The summed E-state index contributed by atoms with van der Waals surface area (Å²) in [6.45, 7) is 3.67. The quantitative estimate of drug-likeness (QED) is 0.289. The highest BCUT2D eigenvalue weighted by Crippen LogP contribution is 2.10. The fourth-order valence-electron chi connectivity index (χ4n) is 2.09. The Morgan fingerprint density at radius 1 is 0.850 bits per heavy atom. The van der Waals surface area contributed by atoms with E-state index in [4.69, 9.17) is 4.74 Å². The van der Waals surface area contributed by atoms with Crippen molar-refractivity contribution >= 4 is 5.97 Å². The van der Waals surface area contributed by atoms with Crippen molar-refractivity contribution in [2.45, 2.75) is 71.1 Å². The van der Waals surface area contributed by atoms with E-state index in [-0.39, 0.29) is 5.97 Å². The van der Waals surface area contributed by atoms with Crippen LogP contribution in [-0.2, 0) is 9.53 Å². The SMILES string of the molecule is CCCCCCCCCCCC(=O)OCC[N+](C)(C)C. The van der Waals surface area contributed by atoms with Gasteiger partial charge in [-0.05, 0) is 6.42 Å². The zero-order chi connectivity index (χ0) is 15.3. The van der Waals surface area contributed by atoms with Gasteiger partial charge in [0.15, 0.2) is 0 Å². The first-order chi connectivity index (χ1) is 9.45. The van der Waals surface area contributed by atoms with Crippen LogP contribution in [0, 0.1) is 0 Å². The monoisotopic (exact) mass is 286 g/mol. The summed E-state index contributed by atoms with van der Waals surface area (Å²) in [5.41, 5.74) is 0. The standard InChI is InChI=1S/C17H36NO2/c1-5-6-7-8-9-10-11-12-13-14-17(19)20-16-15-18(2,3)4/h5-16H2,1-4H3/q+1. The minimum Gasteiger partial charge on any atom is -0.460 e. The average molecular weight is 286 g/mol. The van der Waals surface area contributed by atoms with Crippen LogP contribution in [-0.4, -0.2) is 44.7 Å². The highest BCUT2D eigenvalue weighted by molar-refractivity contribution is 5.69. The van der Waals surface area contributed by atoms with Crippen LogP contribution in [0.15, 0.2) is 0 Å². The highest BCUT2D eigenvalue weighted by atomic mass is 16.5. The zero-order valence-corrected chi connectivity index (χ0v) is 14.2. The van der Waals surface area contributed by atoms with Gasteiger partial charge >= 0.3 is 5.97 Å². The molecule has 0 aliphatic rings. The molecule has 0 aromatic rings. The van der Waals surface area contributed by atoms with Crippen molar-refractivity contribution in [3.8, 4) is 0 Å². The molecule has 0 saturated heterocycles. The lowest BCUT2D eigenvalue weighted by Gasteiger charge is -2.23. The number of likely N-dealkylation sites (N-methyl/N-ethyl adjacent to an activating group) is 1. The van der Waals surface area contributed by atoms with Crippen molar-refractivity contribution < 1.29 is 14.0 Å². The van der Waals surface area contributed by atoms with E-state index in [1.807, 2.05) is 0 Å². The second-order valence-corrected chi connectivity index (χ2v) is 6.81. The molecular formula is C17H36NO2+. The molecule has 3 heteroatoms. The maximum Gasteiger partial charge on any atom is 0.305 e. The number of quaternary nitrogens is 1. The smallest absolute Gasteiger partial charge is 0.305 e. The fourth-order valence-corrected chi connectivity index (χ4v) is 2.09. The van der Waals surface area contributed by atoms with Crippen molar-refractivity contribution in [2.24, 2.45) is 0 Å². The summed E-state index contributed by atoms with van der Waals surface area (Å²) in [7, 11) is 6.32. The number of hydrogen-bond acceptors (Lipinski definition) is 2. The van der Waals surface area contributed by atoms with Crippen LogP contribution in [0.25, 0.3) is 0 Å². The van der Waals surface area contributed by atoms with E-state index < -0.39 is 0 Å². The van der Waals surface area contributed by atoms with Gasteiger partial charge in [0.1, 0.15) is 13.2 Å². The van der Waals surface area contributed by atoms with Gasteiger partial charge in [0.05, 0.1) is 21.1 Å². The molecule has 0 atom stereocenters. The van der Waals surface area contributed by atoms with Gasteiger partial charge in [-0.1, -0.05) is 58.3 Å². The Balaban J connectivity index is 3.23. The first-order valence-electron chi connectivity index (χ1n) is 8.42. The van der Waals surface area contributed by atoms with Gasteiger partial charge in [-0.25, -0.2) is 0 Å². The number of ether oxygens (including phenoxy) is 1. The Morgan fingerprint density at radius 2 is 1.35 bits per heavy atom. The number of carbonyl (C=O) groups is 1. The molecule has 0 amide bonds. The lowest BCUT2D eigenvalue weighted by atomic mass is 10.1. The molecule has 0 N–H and O–H groups in total. The minimum absolute atomic E-state index is 0.0265. The number of hydrogen-bond donors (Lipinski definition) is 0. The van der Waals surface area contributed by atoms with Crippen LogP contribution in [0.5, 0.6) is 0 Å². The van der Waals surface area contributed by atoms with Gasteiger partial charge in [-0.15, -0.1) is 0 Å². The van der Waals surface area contributed by atoms with Crippen molar-refractivity contribution in [1.29, 1.82) is 0 Å². The normalized spacial score (nSPS) is 11.6. The molecule has 0 unspecified atom stereocenters. The molecule has 3 nitrogen and oxygen atoms in total. The molecule has 0 aromatic heterocycles. The summed E-state index contributed by atoms with van der Waals surface area (Å²) in [5, 5.41) is 0. The number of nitrogens with zero attached hydrogens (tertiary/aromatic N) is 1. The lowest BCUT2D eigenvalue weighted by Crippen LogP contribution is -2.37. The first kappa shape index (κ1) is 19.4. The van der Waals surface area contributed by atoms with Crippen LogP contribution in [0.3, 0.4) is 0 Å². The van der Waals surface area contributed by atoms with Crippen molar-refractivity contribution in [2.75, 3.05) is 34.3 Å². The second-order valence-electron chi connectivity index (χ2n) is 6.81. The Morgan fingerprint density at radius 3 is 1.85 bits per heavy atom. The number of rotatable bonds is 13. The summed E-state index contributed by atoms with van der Waals surface area (Å²) in [4.78, 5) is 11.5. The molecule has 0 aromatic carbocycles. The number of unbranched alkanes of at least 4 members (excludes halogenated alkanes) is 8. The molecule has 120 valence electrons. The van der Waals surface area contributed by atoms with Crippen molar-refractivity contribution in [1.82, 2.24) is 0 Å². The maximum absolute atomic E-state index is 11.5. The molecule has 0 aliphatic heterocycles. The molecule has 0 aliphatic carbocycles. The summed E-state index contributed by atoms with van der Waals surface area (Å²) >= 11 is 0. The Kier molecular flexibility index (Phi) is 11.8. The maximum atomic E-state index is 11.5. The van der Waals surface area contributed by atoms with Gasteiger partial charge in [0, 0.05) is 6.42 Å². The van der Waals surface area contributed by atoms with Gasteiger partial charge < -0.3 is 9.22 Å². The fraction of sp³-hybridized carbons (Fsp3) is 0.941. The molecule has 0 heterocycles. The van der Waals surface area contributed by atoms with Crippen LogP contribution < -0.4 is 0 Å². The molecular weight excluding hydrogens is 250 g/mol.